The summed E-state index contributed by atoms with van der Waals surface area (Å²) >= 11 is 0. The summed E-state index contributed by atoms with van der Waals surface area (Å²) in [6.07, 6.45) is -3.38. The average molecular weight is 504 g/mol. The monoisotopic (exact) mass is 503 g/mol. The van der Waals surface area contributed by atoms with Gasteiger partial charge in [-0.25, -0.2) is 4.79 Å². The highest BCUT2D eigenvalue weighted by atomic mass is 16.8. The molecule has 0 unspecified atom stereocenters. The van der Waals surface area contributed by atoms with Crippen LogP contribution >= 0.6 is 0 Å². The molecular formula is C25H29NO10. The van der Waals surface area contributed by atoms with Crippen molar-refractivity contribution in [2.45, 2.75) is 56.6 Å². The Balaban J connectivity index is 1.55. The summed E-state index contributed by atoms with van der Waals surface area (Å²) in [5.41, 5.74) is 0.953. The van der Waals surface area contributed by atoms with Gasteiger partial charge >= 0.3 is 5.97 Å². The molecule has 4 rings (SSSR count). The normalized spacial score (nSPS) is 31.9. The van der Waals surface area contributed by atoms with Gasteiger partial charge in [-0.15, -0.1) is 0 Å². The van der Waals surface area contributed by atoms with Gasteiger partial charge in [0.15, 0.2) is 12.4 Å². The molecule has 2 aromatic rings. The third-order valence-corrected chi connectivity index (χ3v) is 6.54. The molecule has 0 N–H and O–H groups in total. The Kier molecular flexibility index (Phi) is 7.69. The third kappa shape index (κ3) is 5.12. The predicted octanol–water partition coefficient (Wildman–Crippen LogP) is 3.20. The van der Waals surface area contributed by atoms with E-state index >= 15 is 0 Å². The number of nitrogens with zero attached hydrogens (tertiary/aromatic N) is 1. The molecular weight excluding hydrogens is 474 g/mol. The van der Waals surface area contributed by atoms with Crippen molar-refractivity contribution in [3.8, 4) is 0 Å². The first-order chi connectivity index (χ1) is 17.2. The molecule has 0 aromatic heterocycles. The summed E-state index contributed by atoms with van der Waals surface area (Å²) in [4.78, 5) is 23.2. The first-order valence-corrected chi connectivity index (χ1v) is 11.4. The minimum Gasteiger partial charge on any atom is -0.453 e. The van der Waals surface area contributed by atoms with E-state index in [1.807, 2.05) is 30.3 Å². The molecule has 2 saturated heterocycles. The number of methoxy groups -OCH3 is 2. The predicted molar refractivity (Wildman–Crippen MR) is 124 cm³/mol. The van der Waals surface area contributed by atoms with Crippen molar-refractivity contribution >= 4 is 11.7 Å². The molecule has 2 aliphatic heterocycles. The van der Waals surface area contributed by atoms with E-state index in [0.29, 0.717) is 0 Å². The molecule has 0 saturated carbocycles. The fraction of sp³-hybridized carbons (Fsp3) is 0.480. The maximum atomic E-state index is 12.8. The lowest BCUT2D eigenvalue weighted by atomic mass is 9.98. The number of benzene rings is 2. The number of hydrogen-bond acceptors (Lipinski definition) is 10. The smallest absolute Gasteiger partial charge is 0.338 e. The lowest BCUT2D eigenvalue weighted by Crippen LogP contribution is -2.71. The van der Waals surface area contributed by atoms with Crippen molar-refractivity contribution in [3.05, 3.63) is 75.8 Å². The highest BCUT2D eigenvalue weighted by Crippen LogP contribution is 2.43. The van der Waals surface area contributed by atoms with Crippen molar-refractivity contribution in [1.82, 2.24) is 0 Å². The summed E-state index contributed by atoms with van der Waals surface area (Å²) in [7, 11) is 2.93. The number of carbonyl (C=O) groups excluding carboxylic acids is 1. The molecule has 2 fully saturated rings. The van der Waals surface area contributed by atoms with Crippen LogP contribution in [0.15, 0.2) is 54.6 Å². The van der Waals surface area contributed by atoms with Crippen LogP contribution in [0, 0.1) is 10.1 Å². The van der Waals surface area contributed by atoms with Crippen molar-refractivity contribution < 1.29 is 42.9 Å². The Hall–Kier alpha value is -2.93. The number of nitro groups is 1. The number of esters is 1. The SMILES string of the molecule is CO[C@@]1(C)O[C@@H]2[C@H](OCc3ccccc3)OC[C@H](OC(=O)c3ccc([N+](=O)[O-])cc3)[C@H]2O[C@@]1(C)OC. The molecule has 2 heterocycles. The molecule has 0 aliphatic carbocycles. The number of non-ortho nitro benzene ring substituents is 1. The highest BCUT2D eigenvalue weighted by molar-refractivity contribution is 5.89. The second kappa shape index (κ2) is 10.6. The van der Waals surface area contributed by atoms with Gasteiger partial charge in [-0.05, 0) is 31.5 Å². The molecule has 6 atom stereocenters. The molecule has 36 heavy (non-hydrogen) atoms. The van der Waals surface area contributed by atoms with Crippen molar-refractivity contribution in [2.75, 3.05) is 20.8 Å². The van der Waals surface area contributed by atoms with Crippen LogP contribution in [0.4, 0.5) is 5.69 Å². The standard InChI is InChI=1S/C25H29NO10/c1-24(30-3)25(2,31-4)36-21-20(35-24)19(15-33-23(21)32-14-16-8-6-5-7-9-16)34-22(27)17-10-12-18(13-11-17)26(28)29/h5-13,19-21,23H,14-15H2,1-4H3/t19-,20+,21-,23+,24+,25-/m0/s1. The van der Waals surface area contributed by atoms with E-state index < -0.39 is 47.1 Å². The van der Waals surface area contributed by atoms with E-state index in [4.69, 9.17) is 33.2 Å². The Morgan fingerprint density at radius 1 is 1.00 bits per heavy atom. The number of fused-ring (bicyclic) bond motifs is 1. The van der Waals surface area contributed by atoms with Crippen LogP contribution in [0.1, 0.15) is 29.8 Å². The molecule has 0 amide bonds. The number of carbonyl (C=O) groups is 1. The molecule has 0 bridgehead atoms. The molecule has 194 valence electrons. The van der Waals surface area contributed by atoms with Crippen LogP contribution < -0.4 is 0 Å². The minimum absolute atomic E-state index is 0.0355. The van der Waals surface area contributed by atoms with E-state index in [0.717, 1.165) is 5.56 Å². The lowest BCUT2D eigenvalue weighted by molar-refractivity contribution is -0.479. The van der Waals surface area contributed by atoms with Crippen LogP contribution in [0.25, 0.3) is 0 Å². The fourth-order valence-electron chi connectivity index (χ4n) is 4.13. The summed E-state index contributed by atoms with van der Waals surface area (Å²) in [5.74, 6) is -3.36. The number of ether oxygens (including phenoxy) is 7. The first kappa shape index (κ1) is 26.1. The maximum absolute atomic E-state index is 12.8. The average Bonchev–Trinajstić information content (AvgIpc) is 2.89. The van der Waals surface area contributed by atoms with Crippen LogP contribution in [-0.2, 0) is 39.8 Å². The quantitative estimate of drug-likeness (QED) is 0.301. The van der Waals surface area contributed by atoms with E-state index in [2.05, 4.69) is 0 Å². The second-order valence-electron chi connectivity index (χ2n) is 8.71. The summed E-state index contributed by atoms with van der Waals surface area (Å²) in [5, 5.41) is 10.9. The van der Waals surface area contributed by atoms with Gasteiger partial charge in [0.25, 0.3) is 5.69 Å². The van der Waals surface area contributed by atoms with Gasteiger partial charge in [0.05, 0.1) is 23.7 Å². The van der Waals surface area contributed by atoms with Gasteiger partial charge in [0, 0.05) is 26.4 Å². The number of nitro benzene ring substituents is 1. The van der Waals surface area contributed by atoms with Crippen molar-refractivity contribution in [2.24, 2.45) is 0 Å². The fourth-order valence-corrected chi connectivity index (χ4v) is 4.13. The van der Waals surface area contributed by atoms with E-state index in [-0.39, 0.29) is 24.5 Å². The summed E-state index contributed by atoms with van der Waals surface area (Å²) < 4.78 is 41.5. The number of hydrogen-bond donors (Lipinski definition) is 0. The topological polar surface area (TPSA) is 125 Å². The molecule has 0 radical (unpaired) electrons. The van der Waals surface area contributed by atoms with Gasteiger partial charge in [0.1, 0.15) is 12.2 Å². The first-order valence-electron chi connectivity index (χ1n) is 11.4. The largest absolute Gasteiger partial charge is 0.453 e. The van der Waals surface area contributed by atoms with E-state index in [1.54, 1.807) is 13.8 Å². The lowest BCUT2D eigenvalue weighted by Gasteiger charge is -2.55. The number of rotatable bonds is 8. The summed E-state index contributed by atoms with van der Waals surface area (Å²) in [6.45, 7) is 3.56. The van der Waals surface area contributed by atoms with Crippen molar-refractivity contribution in [3.63, 3.8) is 0 Å². The second-order valence-corrected chi connectivity index (χ2v) is 8.71. The van der Waals surface area contributed by atoms with Gasteiger partial charge in [-0.1, -0.05) is 30.3 Å². The zero-order valence-corrected chi connectivity index (χ0v) is 20.4. The molecule has 11 heteroatoms. The Morgan fingerprint density at radius 2 is 1.61 bits per heavy atom. The van der Waals surface area contributed by atoms with Gasteiger partial charge in [0.2, 0.25) is 11.6 Å². The minimum atomic E-state index is -1.34. The molecule has 2 aromatic carbocycles. The zero-order valence-electron chi connectivity index (χ0n) is 20.4. The van der Waals surface area contributed by atoms with E-state index in [9.17, 15) is 14.9 Å². The third-order valence-electron chi connectivity index (χ3n) is 6.54. The van der Waals surface area contributed by atoms with Gasteiger partial charge in [-0.3, -0.25) is 10.1 Å². The Morgan fingerprint density at radius 3 is 2.19 bits per heavy atom. The van der Waals surface area contributed by atoms with Crippen LogP contribution in [0.3, 0.4) is 0 Å². The van der Waals surface area contributed by atoms with Crippen LogP contribution in [0.2, 0.25) is 0 Å². The van der Waals surface area contributed by atoms with Crippen LogP contribution in [0.5, 0.6) is 0 Å². The van der Waals surface area contributed by atoms with Crippen LogP contribution in [-0.4, -0.2) is 67.9 Å². The van der Waals surface area contributed by atoms with Crippen molar-refractivity contribution in [1.29, 1.82) is 0 Å². The summed E-state index contributed by atoms with van der Waals surface area (Å²) in [6, 6.07) is 14.7. The highest BCUT2D eigenvalue weighted by Gasteiger charge is 2.62. The molecule has 0 spiro atoms. The van der Waals surface area contributed by atoms with Gasteiger partial charge < -0.3 is 33.2 Å². The molecule has 2 aliphatic rings. The van der Waals surface area contributed by atoms with E-state index in [1.165, 1.54) is 38.5 Å². The zero-order chi connectivity index (χ0) is 25.9. The molecule has 11 nitrogen and oxygen atoms in total. The van der Waals surface area contributed by atoms with Gasteiger partial charge in [-0.2, -0.15) is 0 Å². The Bertz CT molecular complexity index is 1060. The maximum Gasteiger partial charge on any atom is 0.338 e. The Labute approximate surface area is 208 Å².